The molecule has 1 saturated carbocycles. The van der Waals surface area contributed by atoms with Gasteiger partial charge in [-0.05, 0) is 44.5 Å². The summed E-state index contributed by atoms with van der Waals surface area (Å²) < 4.78 is 0. The van der Waals surface area contributed by atoms with Gasteiger partial charge < -0.3 is 16.0 Å². The van der Waals surface area contributed by atoms with Crippen molar-refractivity contribution in [3.05, 3.63) is 23.8 Å². The van der Waals surface area contributed by atoms with Gasteiger partial charge in [0.25, 0.3) is 0 Å². The van der Waals surface area contributed by atoms with Crippen molar-refractivity contribution in [2.75, 3.05) is 24.2 Å². The lowest BCUT2D eigenvalue weighted by molar-refractivity contribution is -0.117. The summed E-state index contributed by atoms with van der Waals surface area (Å²) in [5, 5.41) is 8.48. The lowest BCUT2D eigenvalue weighted by Gasteiger charge is -2.11. The fourth-order valence-corrected chi connectivity index (χ4v) is 1.78. The van der Waals surface area contributed by atoms with E-state index in [1.54, 1.807) is 13.1 Å². The summed E-state index contributed by atoms with van der Waals surface area (Å²) in [6.45, 7) is 2.18. The van der Waals surface area contributed by atoms with E-state index in [-0.39, 0.29) is 24.3 Å². The van der Waals surface area contributed by atoms with Crippen molar-refractivity contribution in [2.45, 2.75) is 19.8 Å². The van der Waals surface area contributed by atoms with Crippen LogP contribution in [0.5, 0.6) is 0 Å². The van der Waals surface area contributed by atoms with Crippen LogP contribution in [0.2, 0.25) is 0 Å². The van der Waals surface area contributed by atoms with E-state index in [0.29, 0.717) is 0 Å². The second kappa shape index (κ2) is 5.84. The molecule has 3 N–H and O–H groups in total. The van der Waals surface area contributed by atoms with Crippen LogP contribution in [0.4, 0.5) is 11.4 Å². The van der Waals surface area contributed by atoms with Crippen LogP contribution < -0.4 is 16.0 Å². The highest BCUT2D eigenvalue weighted by atomic mass is 16.2. The van der Waals surface area contributed by atoms with E-state index in [4.69, 9.17) is 0 Å². The van der Waals surface area contributed by atoms with Crippen LogP contribution in [0, 0.1) is 12.8 Å². The van der Waals surface area contributed by atoms with Gasteiger partial charge >= 0.3 is 0 Å². The molecule has 0 aromatic heterocycles. The summed E-state index contributed by atoms with van der Waals surface area (Å²) in [4.78, 5) is 23.2. The molecule has 5 heteroatoms. The molecule has 0 heterocycles. The van der Waals surface area contributed by atoms with Gasteiger partial charge in [0.15, 0.2) is 0 Å². The van der Waals surface area contributed by atoms with E-state index >= 15 is 0 Å². The third-order valence-electron chi connectivity index (χ3n) is 3.06. The zero-order valence-corrected chi connectivity index (χ0v) is 11.2. The Morgan fingerprint density at radius 2 is 2.00 bits per heavy atom. The number of hydrogen-bond donors (Lipinski definition) is 3. The zero-order valence-electron chi connectivity index (χ0n) is 11.2. The first-order valence-corrected chi connectivity index (χ1v) is 6.46. The summed E-state index contributed by atoms with van der Waals surface area (Å²) in [5.41, 5.74) is 2.42. The summed E-state index contributed by atoms with van der Waals surface area (Å²) in [7, 11) is 1.72. The van der Waals surface area contributed by atoms with Gasteiger partial charge in [0, 0.05) is 17.3 Å². The molecular formula is C14H19N3O2. The number of anilines is 2. The molecule has 1 aromatic rings. The van der Waals surface area contributed by atoms with Crippen LogP contribution >= 0.6 is 0 Å². The second-order valence-corrected chi connectivity index (χ2v) is 4.87. The second-order valence-electron chi connectivity index (χ2n) is 4.87. The minimum absolute atomic E-state index is 0.0661. The predicted octanol–water partition coefficient (Wildman–Crippen LogP) is 1.50. The number of likely N-dealkylation sites (N-methyl/N-ethyl adjacent to an activating group) is 1. The normalized spacial score (nSPS) is 14.0. The largest absolute Gasteiger partial charge is 0.326 e. The molecule has 5 nitrogen and oxygen atoms in total. The van der Waals surface area contributed by atoms with Gasteiger partial charge in [0.1, 0.15) is 0 Å². The predicted molar refractivity (Wildman–Crippen MR) is 75.1 cm³/mol. The maximum Gasteiger partial charge on any atom is 0.238 e. The van der Waals surface area contributed by atoms with E-state index in [1.807, 2.05) is 19.1 Å². The maximum absolute atomic E-state index is 11.7. The van der Waals surface area contributed by atoms with E-state index in [0.717, 1.165) is 29.8 Å². The highest BCUT2D eigenvalue weighted by molar-refractivity contribution is 5.96. The Kier molecular flexibility index (Phi) is 4.16. The van der Waals surface area contributed by atoms with Crippen LogP contribution in [0.15, 0.2) is 18.2 Å². The van der Waals surface area contributed by atoms with Crippen molar-refractivity contribution in [3.63, 3.8) is 0 Å². The van der Waals surface area contributed by atoms with E-state index < -0.39 is 0 Å². The number of amides is 2. The van der Waals surface area contributed by atoms with Gasteiger partial charge in [0.2, 0.25) is 11.8 Å². The quantitative estimate of drug-likeness (QED) is 0.752. The first-order chi connectivity index (χ1) is 9.10. The fourth-order valence-electron chi connectivity index (χ4n) is 1.78. The molecule has 2 rings (SSSR count). The number of nitrogens with one attached hydrogen (secondary N) is 3. The monoisotopic (exact) mass is 261 g/mol. The number of aryl methyl sites for hydroxylation is 1. The average Bonchev–Trinajstić information content (AvgIpc) is 3.17. The topological polar surface area (TPSA) is 70.2 Å². The van der Waals surface area contributed by atoms with E-state index in [1.165, 1.54) is 0 Å². The van der Waals surface area contributed by atoms with Crippen LogP contribution in [-0.2, 0) is 9.59 Å². The van der Waals surface area contributed by atoms with Gasteiger partial charge in [-0.1, -0.05) is 6.07 Å². The molecule has 0 atom stereocenters. The molecule has 0 bridgehead atoms. The Morgan fingerprint density at radius 3 is 2.63 bits per heavy atom. The molecule has 0 saturated heterocycles. The molecular weight excluding hydrogens is 242 g/mol. The third-order valence-corrected chi connectivity index (χ3v) is 3.06. The first-order valence-electron chi connectivity index (χ1n) is 6.46. The number of carbonyl (C=O) groups is 2. The lowest BCUT2D eigenvalue weighted by Crippen LogP contribution is -2.25. The van der Waals surface area contributed by atoms with Gasteiger partial charge in [-0.15, -0.1) is 0 Å². The molecule has 0 unspecified atom stereocenters. The Labute approximate surface area is 112 Å². The van der Waals surface area contributed by atoms with Gasteiger partial charge in [0.05, 0.1) is 6.54 Å². The number of hydrogen-bond acceptors (Lipinski definition) is 3. The summed E-state index contributed by atoms with van der Waals surface area (Å²) in [5.74, 6) is 0.135. The molecule has 0 spiro atoms. The van der Waals surface area contributed by atoms with Crippen LogP contribution in [0.3, 0.4) is 0 Å². The molecule has 19 heavy (non-hydrogen) atoms. The van der Waals surface area contributed by atoms with Crippen molar-refractivity contribution < 1.29 is 9.59 Å². The highest BCUT2D eigenvalue weighted by Gasteiger charge is 2.29. The highest BCUT2D eigenvalue weighted by Crippen LogP contribution is 2.30. The van der Waals surface area contributed by atoms with Crippen molar-refractivity contribution in [1.29, 1.82) is 0 Å². The molecule has 0 aliphatic heterocycles. The van der Waals surface area contributed by atoms with Crippen LogP contribution in [-0.4, -0.2) is 25.4 Å². The van der Waals surface area contributed by atoms with Gasteiger partial charge in [-0.3, -0.25) is 9.59 Å². The van der Waals surface area contributed by atoms with Crippen LogP contribution in [0.1, 0.15) is 18.4 Å². The van der Waals surface area contributed by atoms with Gasteiger partial charge in [-0.2, -0.15) is 0 Å². The maximum atomic E-state index is 11.7. The standard InChI is InChI=1S/C14H19N3O2/c1-9-3-6-11(16-14(19)10-4-5-10)7-12(9)17-13(18)8-15-2/h3,6-7,10,15H,4-5,8H2,1-2H3,(H,16,19)(H,17,18). The smallest absolute Gasteiger partial charge is 0.238 e. The van der Waals surface area contributed by atoms with E-state index in [9.17, 15) is 9.59 Å². The average molecular weight is 261 g/mol. The molecule has 1 aliphatic rings. The van der Waals surface area contributed by atoms with Crippen molar-refractivity contribution in [3.8, 4) is 0 Å². The number of benzene rings is 1. The SMILES string of the molecule is CNCC(=O)Nc1cc(NC(=O)C2CC2)ccc1C. The molecule has 1 fully saturated rings. The number of rotatable bonds is 5. The fraction of sp³-hybridized carbons (Fsp3) is 0.429. The first kappa shape index (κ1) is 13.5. The molecule has 1 aromatic carbocycles. The molecule has 102 valence electrons. The number of carbonyl (C=O) groups excluding carboxylic acids is 2. The lowest BCUT2D eigenvalue weighted by atomic mass is 10.1. The summed E-state index contributed by atoms with van der Waals surface area (Å²) in [6, 6.07) is 5.53. The molecule has 0 radical (unpaired) electrons. The Bertz CT molecular complexity index is 495. The van der Waals surface area contributed by atoms with E-state index in [2.05, 4.69) is 16.0 Å². The Hall–Kier alpha value is -1.88. The van der Waals surface area contributed by atoms with Gasteiger partial charge in [-0.25, -0.2) is 0 Å². The molecule has 1 aliphatic carbocycles. The van der Waals surface area contributed by atoms with Crippen molar-refractivity contribution in [2.24, 2.45) is 5.92 Å². The summed E-state index contributed by atoms with van der Waals surface area (Å²) >= 11 is 0. The minimum Gasteiger partial charge on any atom is -0.326 e. The molecule has 2 amide bonds. The summed E-state index contributed by atoms with van der Waals surface area (Å²) in [6.07, 6.45) is 1.95. The van der Waals surface area contributed by atoms with Crippen molar-refractivity contribution in [1.82, 2.24) is 5.32 Å². The van der Waals surface area contributed by atoms with Crippen molar-refractivity contribution >= 4 is 23.2 Å². The Morgan fingerprint density at radius 1 is 1.26 bits per heavy atom. The Balaban J connectivity index is 2.05. The minimum atomic E-state index is -0.101. The zero-order chi connectivity index (χ0) is 13.8. The third kappa shape index (κ3) is 3.79. The van der Waals surface area contributed by atoms with Crippen LogP contribution in [0.25, 0.3) is 0 Å².